The number of benzene rings is 1. The van der Waals surface area contributed by atoms with Crippen molar-refractivity contribution in [3.63, 3.8) is 0 Å². The summed E-state index contributed by atoms with van der Waals surface area (Å²) < 4.78 is 63.8. The molecule has 20 heavy (non-hydrogen) atoms. The largest absolute Gasteiger partial charge is 0.416 e. The van der Waals surface area contributed by atoms with Crippen LogP contribution >= 0.6 is 15.9 Å². The third-order valence-corrected chi connectivity index (χ3v) is 5.47. The summed E-state index contributed by atoms with van der Waals surface area (Å²) in [4.78, 5) is -0.487. The number of hydrogen-bond acceptors (Lipinski definition) is 2. The molecule has 3 nitrogen and oxygen atoms in total. The van der Waals surface area contributed by atoms with Crippen molar-refractivity contribution in [2.75, 3.05) is 6.54 Å². The number of sulfonamides is 1. The molecule has 8 heteroatoms. The molecule has 0 aliphatic carbocycles. The van der Waals surface area contributed by atoms with Crippen LogP contribution in [0, 0.1) is 5.92 Å². The Kier molecular flexibility index (Phi) is 5.62. The Morgan fingerprint density at radius 1 is 1.30 bits per heavy atom. The maximum absolute atomic E-state index is 12.6. The van der Waals surface area contributed by atoms with E-state index in [1.54, 1.807) is 0 Å². The lowest BCUT2D eigenvalue weighted by molar-refractivity contribution is -0.137. The SMILES string of the molecule is CC(C)C(Br)CNS(=O)(=O)c1cccc(C(F)(F)F)c1. The molecule has 1 rings (SSSR count). The fourth-order valence-corrected chi connectivity index (χ4v) is 2.83. The lowest BCUT2D eigenvalue weighted by Gasteiger charge is -2.15. The summed E-state index contributed by atoms with van der Waals surface area (Å²) in [5.74, 6) is 0.194. The van der Waals surface area contributed by atoms with E-state index in [0.29, 0.717) is 6.07 Å². The second-order valence-electron chi connectivity index (χ2n) is 4.64. The molecule has 1 unspecified atom stereocenters. The van der Waals surface area contributed by atoms with E-state index in [1.165, 1.54) is 0 Å². The lowest BCUT2D eigenvalue weighted by atomic mass is 10.1. The second kappa shape index (κ2) is 6.44. The molecule has 114 valence electrons. The van der Waals surface area contributed by atoms with Crippen LogP contribution in [0.15, 0.2) is 29.2 Å². The van der Waals surface area contributed by atoms with Gasteiger partial charge in [-0.05, 0) is 24.1 Å². The summed E-state index contributed by atoms with van der Waals surface area (Å²) in [6.07, 6.45) is -4.57. The number of nitrogens with one attached hydrogen (secondary N) is 1. The van der Waals surface area contributed by atoms with Crippen molar-refractivity contribution in [2.45, 2.75) is 29.7 Å². The van der Waals surface area contributed by atoms with Gasteiger partial charge >= 0.3 is 6.18 Å². The summed E-state index contributed by atoms with van der Waals surface area (Å²) in [6, 6.07) is 3.67. The third kappa shape index (κ3) is 4.75. The smallest absolute Gasteiger partial charge is 0.210 e. The van der Waals surface area contributed by atoms with Crippen molar-refractivity contribution in [3.8, 4) is 0 Å². The highest BCUT2D eigenvalue weighted by Gasteiger charge is 2.31. The molecular weight excluding hydrogens is 359 g/mol. The van der Waals surface area contributed by atoms with Crippen molar-refractivity contribution in [2.24, 2.45) is 5.92 Å². The third-order valence-electron chi connectivity index (χ3n) is 2.66. The minimum absolute atomic E-state index is 0.0944. The van der Waals surface area contributed by atoms with Gasteiger partial charge in [-0.25, -0.2) is 13.1 Å². The van der Waals surface area contributed by atoms with E-state index >= 15 is 0 Å². The zero-order valence-electron chi connectivity index (χ0n) is 10.9. The molecule has 0 aliphatic rings. The minimum atomic E-state index is -4.57. The van der Waals surface area contributed by atoms with Crippen LogP contribution in [0.5, 0.6) is 0 Å². The van der Waals surface area contributed by atoms with Crippen LogP contribution in [0.25, 0.3) is 0 Å². The predicted molar refractivity (Wildman–Crippen MR) is 74.2 cm³/mol. The Hall–Kier alpha value is -0.600. The normalized spacial score (nSPS) is 14.6. The highest BCUT2D eigenvalue weighted by atomic mass is 79.9. The number of halogens is 4. The van der Waals surface area contributed by atoms with Crippen LogP contribution in [-0.2, 0) is 16.2 Å². The van der Waals surface area contributed by atoms with Gasteiger partial charge in [0.05, 0.1) is 10.5 Å². The van der Waals surface area contributed by atoms with Gasteiger partial charge in [-0.1, -0.05) is 35.8 Å². The van der Waals surface area contributed by atoms with E-state index in [4.69, 9.17) is 0 Å². The van der Waals surface area contributed by atoms with Gasteiger partial charge in [0, 0.05) is 11.4 Å². The van der Waals surface area contributed by atoms with Crippen molar-refractivity contribution in [1.82, 2.24) is 4.72 Å². The summed E-state index contributed by atoms with van der Waals surface area (Å²) in [7, 11) is -3.95. The molecule has 1 aromatic carbocycles. The first-order valence-corrected chi connectivity index (χ1v) is 8.25. The van der Waals surface area contributed by atoms with Gasteiger partial charge in [0.15, 0.2) is 0 Å². The maximum atomic E-state index is 12.6. The molecule has 0 saturated carbocycles. The standard InChI is InChI=1S/C12H15BrF3NO2S/c1-8(2)11(13)7-17-20(18,19)10-5-3-4-9(6-10)12(14,15)16/h3-6,8,11,17H,7H2,1-2H3. The number of rotatable bonds is 5. The second-order valence-corrected chi connectivity index (χ2v) is 7.58. The number of hydrogen-bond donors (Lipinski definition) is 1. The molecule has 0 fully saturated rings. The van der Waals surface area contributed by atoms with Gasteiger partial charge in [0.2, 0.25) is 10.0 Å². The minimum Gasteiger partial charge on any atom is -0.210 e. The topological polar surface area (TPSA) is 46.2 Å². The molecule has 0 bridgehead atoms. The molecule has 0 aliphatic heterocycles. The molecular formula is C12H15BrF3NO2S. The molecule has 1 N–H and O–H groups in total. The molecule has 1 atom stereocenters. The Morgan fingerprint density at radius 3 is 2.40 bits per heavy atom. The van der Waals surface area contributed by atoms with Gasteiger partial charge in [-0.3, -0.25) is 0 Å². The van der Waals surface area contributed by atoms with E-state index in [0.717, 1.165) is 18.2 Å². The van der Waals surface area contributed by atoms with Crippen LogP contribution in [0.4, 0.5) is 13.2 Å². The summed E-state index contributed by atoms with van der Waals surface area (Å²) >= 11 is 3.31. The van der Waals surface area contributed by atoms with Crippen molar-refractivity contribution >= 4 is 26.0 Å². The summed E-state index contributed by atoms with van der Waals surface area (Å²) in [6.45, 7) is 3.91. The zero-order valence-corrected chi connectivity index (χ0v) is 13.3. The van der Waals surface area contributed by atoms with E-state index in [9.17, 15) is 21.6 Å². The maximum Gasteiger partial charge on any atom is 0.416 e. The van der Waals surface area contributed by atoms with Crippen LogP contribution in [0.2, 0.25) is 0 Å². The highest BCUT2D eigenvalue weighted by molar-refractivity contribution is 9.09. The highest BCUT2D eigenvalue weighted by Crippen LogP contribution is 2.30. The van der Waals surface area contributed by atoms with Crippen LogP contribution in [0.1, 0.15) is 19.4 Å². The Bertz CT molecular complexity index is 558. The molecule has 0 saturated heterocycles. The predicted octanol–water partition coefficient (Wildman–Crippen LogP) is 3.40. The van der Waals surface area contributed by atoms with E-state index in [-0.39, 0.29) is 17.3 Å². The van der Waals surface area contributed by atoms with Gasteiger partial charge < -0.3 is 0 Å². The van der Waals surface area contributed by atoms with Crippen LogP contribution in [-0.4, -0.2) is 19.8 Å². The van der Waals surface area contributed by atoms with Gasteiger partial charge in [-0.15, -0.1) is 0 Å². The molecule has 0 aromatic heterocycles. The summed E-state index contributed by atoms with van der Waals surface area (Å²) in [5.41, 5.74) is -0.986. The first-order chi connectivity index (χ1) is 9.04. The number of alkyl halides is 4. The molecule has 0 amide bonds. The fraction of sp³-hybridized carbons (Fsp3) is 0.500. The van der Waals surface area contributed by atoms with Gasteiger partial charge in [-0.2, -0.15) is 13.2 Å². The summed E-state index contributed by atoms with van der Waals surface area (Å²) in [5, 5.41) is 0. The molecule has 0 heterocycles. The molecule has 1 aromatic rings. The van der Waals surface area contributed by atoms with Crippen molar-refractivity contribution in [1.29, 1.82) is 0 Å². The monoisotopic (exact) mass is 373 g/mol. The first kappa shape index (κ1) is 17.5. The quantitative estimate of drug-likeness (QED) is 0.803. The van der Waals surface area contributed by atoms with Crippen LogP contribution in [0.3, 0.4) is 0 Å². The lowest BCUT2D eigenvalue weighted by Crippen LogP contribution is -2.31. The van der Waals surface area contributed by atoms with Crippen molar-refractivity contribution in [3.05, 3.63) is 29.8 Å². The van der Waals surface area contributed by atoms with E-state index < -0.39 is 26.7 Å². The Labute approximate surface area is 124 Å². The Balaban J connectivity index is 2.93. The average Bonchev–Trinajstić information content (AvgIpc) is 2.35. The van der Waals surface area contributed by atoms with Gasteiger partial charge in [0.1, 0.15) is 0 Å². The van der Waals surface area contributed by atoms with Crippen molar-refractivity contribution < 1.29 is 21.6 Å². The average molecular weight is 374 g/mol. The first-order valence-electron chi connectivity index (χ1n) is 5.85. The Morgan fingerprint density at radius 2 is 1.90 bits per heavy atom. The zero-order chi connectivity index (χ0) is 15.6. The van der Waals surface area contributed by atoms with Gasteiger partial charge in [0.25, 0.3) is 0 Å². The van der Waals surface area contributed by atoms with E-state index in [1.807, 2.05) is 13.8 Å². The van der Waals surface area contributed by atoms with E-state index in [2.05, 4.69) is 20.7 Å². The molecule has 0 spiro atoms. The molecule has 0 radical (unpaired) electrons. The van der Waals surface area contributed by atoms with Crippen LogP contribution < -0.4 is 4.72 Å². The fourth-order valence-electron chi connectivity index (χ4n) is 1.35.